The Labute approximate surface area is 287 Å². The molecule has 0 fully saturated rings. The maximum atomic E-state index is 6.74. The van der Waals surface area contributed by atoms with Crippen molar-refractivity contribution in [2.75, 3.05) is 0 Å². The van der Waals surface area contributed by atoms with Gasteiger partial charge in [-0.1, -0.05) is 121 Å². The number of rotatable bonds is 5. The Balaban J connectivity index is 1.37. The van der Waals surface area contributed by atoms with Crippen LogP contribution in [0.1, 0.15) is 0 Å². The van der Waals surface area contributed by atoms with Crippen LogP contribution in [0.2, 0.25) is 0 Å². The van der Waals surface area contributed by atoms with E-state index >= 15 is 0 Å². The van der Waals surface area contributed by atoms with E-state index in [-0.39, 0.29) is 0 Å². The van der Waals surface area contributed by atoms with E-state index in [9.17, 15) is 0 Å². The minimum absolute atomic E-state index is 0.580. The van der Waals surface area contributed by atoms with Gasteiger partial charge in [-0.25, -0.2) is 19.9 Å². The topological polar surface area (TPSA) is 69.6 Å². The van der Waals surface area contributed by atoms with Gasteiger partial charge in [0, 0.05) is 44.1 Å². The van der Waals surface area contributed by atoms with Crippen LogP contribution in [0.15, 0.2) is 168 Å². The highest BCUT2D eigenvalue weighted by Crippen LogP contribution is 2.44. The van der Waals surface area contributed by atoms with Crippen molar-refractivity contribution in [2.24, 2.45) is 0 Å². The number of benzene rings is 7. The Morgan fingerprint density at radius 1 is 0.420 bits per heavy atom. The molecule has 0 N–H and O–H groups in total. The van der Waals surface area contributed by atoms with Gasteiger partial charge in [-0.2, -0.15) is 0 Å². The highest BCUT2D eigenvalue weighted by atomic mass is 16.3. The van der Waals surface area contributed by atoms with Gasteiger partial charge in [-0.05, 0) is 47.9 Å². The van der Waals surface area contributed by atoms with E-state index in [4.69, 9.17) is 24.4 Å². The fourth-order valence-electron chi connectivity index (χ4n) is 7.01. The number of aromatic nitrogens is 5. The molecule has 0 saturated heterocycles. The van der Waals surface area contributed by atoms with Gasteiger partial charge in [-0.3, -0.25) is 0 Å². The molecule has 50 heavy (non-hydrogen) atoms. The lowest BCUT2D eigenvalue weighted by atomic mass is 9.97. The molecule has 3 heterocycles. The molecule has 6 nitrogen and oxygen atoms in total. The molecule has 0 atom stereocenters. The number of fused-ring (bicyclic) bond motifs is 7. The largest absolute Gasteiger partial charge is 0.435 e. The van der Waals surface area contributed by atoms with Crippen molar-refractivity contribution in [1.29, 1.82) is 0 Å². The molecule has 6 heteroatoms. The average Bonchev–Trinajstić information content (AvgIpc) is 3.79. The Morgan fingerprint density at radius 2 is 0.980 bits per heavy atom. The predicted octanol–water partition coefficient (Wildman–Crippen LogP) is 10.9. The van der Waals surface area contributed by atoms with Crippen LogP contribution in [-0.2, 0) is 0 Å². The van der Waals surface area contributed by atoms with Gasteiger partial charge in [0.25, 0.3) is 0 Å². The van der Waals surface area contributed by atoms with Crippen LogP contribution >= 0.6 is 0 Å². The summed E-state index contributed by atoms with van der Waals surface area (Å²) in [6, 6.07) is 55.6. The Bertz CT molecular complexity index is 2790. The van der Waals surface area contributed by atoms with Crippen LogP contribution in [0.3, 0.4) is 0 Å². The first-order chi connectivity index (χ1) is 24.8. The van der Waals surface area contributed by atoms with Crippen molar-refractivity contribution in [3.8, 4) is 51.3 Å². The second-order valence-corrected chi connectivity index (χ2v) is 12.3. The van der Waals surface area contributed by atoms with Crippen LogP contribution < -0.4 is 0 Å². The van der Waals surface area contributed by atoms with E-state index in [0.717, 1.165) is 71.6 Å². The zero-order chi connectivity index (χ0) is 33.0. The van der Waals surface area contributed by atoms with Crippen molar-refractivity contribution in [3.05, 3.63) is 164 Å². The molecule has 10 rings (SSSR count). The van der Waals surface area contributed by atoms with E-state index in [2.05, 4.69) is 65.2 Å². The van der Waals surface area contributed by atoms with Gasteiger partial charge in [0.2, 0.25) is 5.89 Å². The average molecular weight is 642 g/mol. The van der Waals surface area contributed by atoms with Crippen molar-refractivity contribution >= 4 is 43.7 Å². The van der Waals surface area contributed by atoms with Gasteiger partial charge in [0.1, 0.15) is 5.52 Å². The molecule has 0 aliphatic heterocycles. The van der Waals surface area contributed by atoms with Crippen LogP contribution in [-0.4, -0.2) is 24.5 Å². The minimum Gasteiger partial charge on any atom is -0.435 e. The molecule has 3 aromatic heterocycles. The molecule has 10 aromatic rings. The summed E-state index contributed by atoms with van der Waals surface area (Å²) in [4.78, 5) is 20.3. The van der Waals surface area contributed by atoms with Gasteiger partial charge < -0.3 is 8.98 Å². The van der Waals surface area contributed by atoms with E-state index in [1.807, 2.05) is 103 Å². The summed E-state index contributed by atoms with van der Waals surface area (Å²) < 4.78 is 9.06. The normalized spacial score (nSPS) is 11.6. The first-order valence-corrected chi connectivity index (χ1v) is 16.6. The Hall–Kier alpha value is -6.92. The first-order valence-electron chi connectivity index (χ1n) is 16.6. The third-order valence-electron chi connectivity index (χ3n) is 9.27. The van der Waals surface area contributed by atoms with Gasteiger partial charge in [-0.15, -0.1) is 0 Å². The monoisotopic (exact) mass is 641 g/mol. The fourth-order valence-corrected chi connectivity index (χ4v) is 7.01. The molecular weight excluding hydrogens is 615 g/mol. The number of nitrogens with zero attached hydrogens (tertiary/aromatic N) is 5. The predicted molar refractivity (Wildman–Crippen MR) is 201 cm³/mol. The van der Waals surface area contributed by atoms with Crippen LogP contribution in [0, 0.1) is 0 Å². The molecule has 0 saturated carbocycles. The molecule has 234 valence electrons. The minimum atomic E-state index is 0.580. The SMILES string of the molecule is c1ccc(-c2nc(-c3ccccc3)nc(-c3cc4c(c5ccccc5n4-c4ccccc4)c4c3ccc3nc(-c5ccccc5)oc34)n2)cc1. The second kappa shape index (κ2) is 11.4. The summed E-state index contributed by atoms with van der Waals surface area (Å²) in [5.41, 5.74) is 8.33. The maximum absolute atomic E-state index is 6.74. The number of hydrogen-bond acceptors (Lipinski definition) is 5. The second-order valence-electron chi connectivity index (χ2n) is 12.3. The lowest BCUT2D eigenvalue weighted by molar-refractivity contribution is 0.623. The fraction of sp³-hybridized carbons (Fsp3) is 0. The molecule has 0 spiro atoms. The standard InChI is InChI=1S/C44H27N5O/c1-5-15-28(16-6-1)41-46-42(29-17-7-2-8-18-29)48-43(47-41)34-27-37-38(33-23-13-14-24-36(33)49(37)31-21-11-4-12-22-31)39-32(34)25-26-35-40(39)50-44(45-35)30-19-9-3-10-20-30/h1-27H. The highest BCUT2D eigenvalue weighted by molar-refractivity contribution is 6.29. The van der Waals surface area contributed by atoms with Crippen molar-refractivity contribution < 1.29 is 4.42 Å². The van der Waals surface area contributed by atoms with E-state index in [1.165, 1.54) is 0 Å². The van der Waals surface area contributed by atoms with Gasteiger partial charge >= 0.3 is 0 Å². The van der Waals surface area contributed by atoms with Gasteiger partial charge in [0.15, 0.2) is 23.1 Å². The highest BCUT2D eigenvalue weighted by Gasteiger charge is 2.24. The number of para-hydroxylation sites is 2. The summed E-state index contributed by atoms with van der Waals surface area (Å²) in [5, 5.41) is 4.16. The number of oxazole rings is 1. The van der Waals surface area contributed by atoms with E-state index < -0.39 is 0 Å². The first kappa shape index (κ1) is 28.1. The van der Waals surface area contributed by atoms with Crippen molar-refractivity contribution in [1.82, 2.24) is 24.5 Å². The molecular formula is C44H27N5O. The van der Waals surface area contributed by atoms with Crippen molar-refractivity contribution in [2.45, 2.75) is 0 Å². The van der Waals surface area contributed by atoms with Crippen LogP contribution in [0.25, 0.3) is 95.0 Å². The Kier molecular flexibility index (Phi) is 6.39. The summed E-state index contributed by atoms with van der Waals surface area (Å²) in [6.07, 6.45) is 0. The molecule has 0 aliphatic rings. The maximum Gasteiger partial charge on any atom is 0.227 e. The zero-order valence-electron chi connectivity index (χ0n) is 26.7. The lowest BCUT2D eigenvalue weighted by Crippen LogP contribution is -2.01. The summed E-state index contributed by atoms with van der Waals surface area (Å²) in [7, 11) is 0. The van der Waals surface area contributed by atoms with E-state index in [0.29, 0.717) is 23.4 Å². The van der Waals surface area contributed by atoms with Gasteiger partial charge in [0.05, 0.1) is 11.0 Å². The zero-order valence-corrected chi connectivity index (χ0v) is 26.7. The summed E-state index contributed by atoms with van der Waals surface area (Å²) >= 11 is 0. The molecule has 0 bridgehead atoms. The summed E-state index contributed by atoms with van der Waals surface area (Å²) in [6.45, 7) is 0. The van der Waals surface area contributed by atoms with Crippen molar-refractivity contribution in [3.63, 3.8) is 0 Å². The number of hydrogen-bond donors (Lipinski definition) is 0. The van der Waals surface area contributed by atoms with Crippen LogP contribution in [0.4, 0.5) is 0 Å². The van der Waals surface area contributed by atoms with E-state index in [1.54, 1.807) is 0 Å². The van der Waals surface area contributed by atoms with Crippen LogP contribution in [0.5, 0.6) is 0 Å². The molecule has 0 aliphatic carbocycles. The third-order valence-corrected chi connectivity index (χ3v) is 9.27. The molecule has 7 aromatic carbocycles. The lowest BCUT2D eigenvalue weighted by Gasteiger charge is -2.13. The molecule has 0 unspecified atom stereocenters. The quantitative estimate of drug-likeness (QED) is 0.187. The Morgan fingerprint density at radius 3 is 1.64 bits per heavy atom. The molecule has 0 radical (unpaired) electrons. The third kappa shape index (κ3) is 4.50. The summed E-state index contributed by atoms with van der Waals surface area (Å²) in [5.74, 6) is 2.38. The molecule has 0 amide bonds. The smallest absolute Gasteiger partial charge is 0.227 e.